The Morgan fingerprint density at radius 3 is 2.33 bits per heavy atom. The second kappa shape index (κ2) is 7.11. The van der Waals surface area contributed by atoms with Gasteiger partial charge in [0.15, 0.2) is 6.04 Å². The lowest BCUT2D eigenvalue weighted by Crippen LogP contribution is -2.53. The van der Waals surface area contributed by atoms with E-state index in [2.05, 4.69) is 5.32 Å². The molecular formula is C15H26N2O4. The number of methoxy groups -OCH3 is 1. The second-order valence-corrected chi connectivity index (χ2v) is 6.34. The average molecular weight is 298 g/mol. The molecule has 2 amide bonds. The lowest BCUT2D eigenvalue weighted by atomic mass is 9.68. The van der Waals surface area contributed by atoms with Crippen molar-refractivity contribution in [2.45, 2.75) is 51.0 Å². The van der Waals surface area contributed by atoms with Gasteiger partial charge in [-0.1, -0.05) is 19.3 Å². The third-order valence-corrected chi connectivity index (χ3v) is 4.95. The molecule has 1 saturated carbocycles. The van der Waals surface area contributed by atoms with Gasteiger partial charge in [0.1, 0.15) is 0 Å². The Morgan fingerprint density at radius 1 is 1.19 bits per heavy atom. The van der Waals surface area contributed by atoms with Crippen LogP contribution in [0.25, 0.3) is 0 Å². The van der Waals surface area contributed by atoms with E-state index in [4.69, 9.17) is 9.84 Å². The molecule has 1 atom stereocenters. The van der Waals surface area contributed by atoms with Crippen LogP contribution in [-0.2, 0) is 9.53 Å². The van der Waals surface area contributed by atoms with Crippen molar-refractivity contribution < 1.29 is 19.4 Å². The third kappa shape index (κ3) is 4.09. The van der Waals surface area contributed by atoms with Crippen molar-refractivity contribution in [3.63, 3.8) is 0 Å². The fourth-order valence-electron chi connectivity index (χ4n) is 3.57. The topological polar surface area (TPSA) is 78.9 Å². The monoisotopic (exact) mass is 298 g/mol. The molecular weight excluding hydrogens is 272 g/mol. The third-order valence-electron chi connectivity index (χ3n) is 4.95. The SMILES string of the molecule is COCC(NC(=O)N1CCC2(CCCCC2)CC1)C(=O)O. The van der Waals surface area contributed by atoms with Gasteiger partial charge in [0.2, 0.25) is 0 Å². The van der Waals surface area contributed by atoms with E-state index in [1.165, 1.54) is 39.2 Å². The first-order valence-electron chi connectivity index (χ1n) is 7.83. The van der Waals surface area contributed by atoms with Crippen LogP contribution in [0.4, 0.5) is 4.79 Å². The molecule has 0 aromatic heterocycles. The summed E-state index contributed by atoms with van der Waals surface area (Å²) in [5.74, 6) is -1.06. The summed E-state index contributed by atoms with van der Waals surface area (Å²) < 4.78 is 4.83. The number of amides is 2. The van der Waals surface area contributed by atoms with E-state index in [1.54, 1.807) is 4.90 Å². The van der Waals surface area contributed by atoms with Crippen LogP contribution in [0.3, 0.4) is 0 Å². The lowest BCUT2D eigenvalue weighted by Gasteiger charge is -2.44. The molecule has 2 N–H and O–H groups in total. The fraction of sp³-hybridized carbons (Fsp3) is 0.867. The zero-order chi connectivity index (χ0) is 15.3. The van der Waals surface area contributed by atoms with Gasteiger partial charge in [-0.25, -0.2) is 9.59 Å². The molecule has 120 valence electrons. The highest BCUT2D eigenvalue weighted by Gasteiger charge is 2.37. The number of nitrogens with zero attached hydrogens (tertiary/aromatic N) is 1. The summed E-state index contributed by atoms with van der Waals surface area (Å²) in [5, 5.41) is 11.6. The largest absolute Gasteiger partial charge is 0.480 e. The van der Waals surface area contributed by atoms with Gasteiger partial charge in [-0.05, 0) is 31.1 Å². The number of carboxylic acids is 1. The first-order chi connectivity index (χ1) is 10.1. The first-order valence-corrected chi connectivity index (χ1v) is 7.83. The Labute approximate surface area is 125 Å². The van der Waals surface area contributed by atoms with Crippen LogP contribution in [0.2, 0.25) is 0 Å². The smallest absolute Gasteiger partial charge is 0.328 e. The van der Waals surface area contributed by atoms with E-state index in [-0.39, 0.29) is 12.6 Å². The Morgan fingerprint density at radius 2 is 1.81 bits per heavy atom. The molecule has 6 nitrogen and oxygen atoms in total. The van der Waals surface area contributed by atoms with Crippen molar-refractivity contribution in [3.05, 3.63) is 0 Å². The van der Waals surface area contributed by atoms with E-state index in [0.29, 0.717) is 5.41 Å². The number of likely N-dealkylation sites (tertiary alicyclic amines) is 1. The van der Waals surface area contributed by atoms with Crippen LogP contribution in [0.1, 0.15) is 44.9 Å². The first kappa shape index (κ1) is 16.1. The lowest BCUT2D eigenvalue weighted by molar-refractivity contribution is -0.140. The molecule has 6 heteroatoms. The summed E-state index contributed by atoms with van der Waals surface area (Å²) in [7, 11) is 1.43. The summed E-state index contributed by atoms with van der Waals surface area (Å²) in [6, 6.07) is -1.27. The Bertz CT molecular complexity index is 370. The molecule has 2 fully saturated rings. The Kier molecular flexibility index (Phi) is 5.45. The summed E-state index contributed by atoms with van der Waals surface area (Å²) >= 11 is 0. The number of hydrogen-bond donors (Lipinski definition) is 2. The number of nitrogens with one attached hydrogen (secondary N) is 1. The molecule has 1 saturated heterocycles. The summed E-state index contributed by atoms with van der Waals surface area (Å²) in [6.07, 6.45) is 8.60. The quantitative estimate of drug-likeness (QED) is 0.830. The van der Waals surface area contributed by atoms with Crippen molar-refractivity contribution in [3.8, 4) is 0 Å². The van der Waals surface area contributed by atoms with Crippen LogP contribution >= 0.6 is 0 Å². The molecule has 0 aromatic carbocycles. The van der Waals surface area contributed by atoms with Gasteiger partial charge in [0.05, 0.1) is 6.61 Å². The number of piperidine rings is 1. The minimum absolute atomic E-state index is 0.0150. The summed E-state index contributed by atoms with van der Waals surface area (Å²) in [6.45, 7) is 1.44. The van der Waals surface area contributed by atoms with Gasteiger partial charge in [0.25, 0.3) is 0 Å². The van der Waals surface area contributed by atoms with Crippen LogP contribution in [0, 0.1) is 5.41 Å². The van der Waals surface area contributed by atoms with Gasteiger partial charge in [0, 0.05) is 20.2 Å². The minimum Gasteiger partial charge on any atom is -0.480 e. The maximum atomic E-state index is 12.2. The number of ether oxygens (including phenoxy) is 1. The molecule has 1 heterocycles. The maximum Gasteiger partial charge on any atom is 0.328 e. The second-order valence-electron chi connectivity index (χ2n) is 6.34. The van der Waals surface area contributed by atoms with Crippen molar-refractivity contribution in [1.82, 2.24) is 10.2 Å². The molecule has 0 bridgehead atoms. The fourth-order valence-corrected chi connectivity index (χ4v) is 3.57. The molecule has 1 spiro atoms. The van der Waals surface area contributed by atoms with Gasteiger partial charge in [-0.3, -0.25) is 0 Å². The molecule has 0 aromatic rings. The molecule has 1 aliphatic carbocycles. The van der Waals surface area contributed by atoms with Gasteiger partial charge in [-0.2, -0.15) is 0 Å². The number of carbonyl (C=O) groups is 2. The standard InChI is InChI=1S/C15H26N2O4/c1-21-11-12(13(18)19)16-14(20)17-9-7-15(8-10-17)5-3-2-4-6-15/h12H,2-11H2,1H3,(H,16,20)(H,18,19). The predicted octanol–water partition coefficient (Wildman–Crippen LogP) is 1.84. The van der Waals surface area contributed by atoms with Crippen LogP contribution in [-0.4, -0.2) is 54.9 Å². The van der Waals surface area contributed by atoms with E-state index in [0.717, 1.165) is 25.9 Å². The number of aliphatic carboxylic acids is 1. The van der Waals surface area contributed by atoms with Crippen molar-refractivity contribution in [2.24, 2.45) is 5.41 Å². The maximum absolute atomic E-state index is 12.2. The van der Waals surface area contributed by atoms with Gasteiger partial charge in [-0.15, -0.1) is 0 Å². The average Bonchev–Trinajstić information content (AvgIpc) is 2.48. The molecule has 1 aliphatic heterocycles. The zero-order valence-electron chi connectivity index (χ0n) is 12.8. The number of hydrogen-bond acceptors (Lipinski definition) is 3. The minimum atomic E-state index is -1.06. The highest BCUT2D eigenvalue weighted by Crippen LogP contribution is 2.44. The van der Waals surface area contributed by atoms with Crippen molar-refractivity contribution in [2.75, 3.05) is 26.8 Å². The van der Waals surface area contributed by atoms with Crippen LogP contribution in [0.15, 0.2) is 0 Å². The van der Waals surface area contributed by atoms with Gasteiger partial charge >= 0.3 is 12.0 Å². The highest BCUT2D eigenvalue weighted by atomic mass is 16.5. The molecule has 21 heavy (non-hydrogen) atoms. The zero-order valence-corrected chi connectivity index (χ0v) is 12.8. The number of carbonyl (C=O) groups excluding carboxylic acids is 1. The van der Waals surface area contributed by atoms with Crippen molar-refractivity contribution in [1.29, 1.82) is 0 Å². The molecule has 0 radical (unpaired) electrons. The normalized spacial score (nSPS) is 22.8. The highest BCUT2D eigenvalue weighted by molar-refractivity contribution is 5.82. The van der Waals surface area contributed by atoms with Crippen LogP contribution in [0.5, 0.6) is 0 Å². The molecule has 1 unspecified atom stereocenters. The predicted molar refractivity (Wildman–Crippen MR) is 78.2 cm³/mol. The van der Waals surface area contributed by atoms with E-state index in [9.17, 15) is 9.59 Å². The summed E-state index contributed by atoms with van der Waals surface area (Å²) in [5.41, 5.74) is 0.438. The number of carboxylic acid groups (broad SMARTS) is 1. The van der Waals surface area contributed by atoms with E-state index < -0.39 is 12.0 Å². The van der Waals surface area contributed by atoms with E-state index in [1.807, 2.05) is 0 Å². The number of urea groups is 1. The Hall–Kier alpha value is -1.30. The van der Waals surface area contributed by atoms with Crippen LogP contribution < -0.4 is 5.32 Å². The Balaban J connectivity index is 1.83. The number of rotatable bonds is 4. The van der Waals surface area contributed by atoms with Gasteiger partial charge < -0.3 is 20.1 Å². The van der Waals surface area contributed by atoms with Crippen molar-refractivity contribution >= 4 is 12.0 Å². The molecule has 2 rings (SSSR count). The van der Waals surface area contributed by atoms with E-state index >= 15 is 0 Å². The summed E-state index contributed by atoms with van der Waals surface area (Å²) in [4.78, 5) is 24.9. The molecule has 2 aliphatic rings.